The lowest BCUT2D eigenvalue weighted by Gasteiger charge is -2.19. The molecule has 5 aromatic carbocycles. The van der Waals surface area contributed by atoms with E-state index in [1.165, 1.54) is 30.3 Å². The highest BCUT2D eigenvalue weighted by Gasteiger charge is 2.35. The summed E-state index contributed by atoms with van der Waals surface area (Å²) in [4.78, 5) is 0. The van der Waals surface area contributed by atoms with Gasteiger partial charge in [-0.1, -0.05) is 56.2 Å². The van der Waals surface area contributed by atoms with Gasteiger partial charge in [0.05, 0.1) is 5.56 Å². The smallest absolute Gasteiger partial charge is 0.426 e. The van der Waals surface area contributed by atoms with Crippen LogP contribution in [0.5, 0.6) is 11.5 Å². The van der Waals surface area contributed by atoms with Crippen molar-refractivity contribution < 1.29 is 49.0 Å². The van der Waals surface area contributed by atoms with Gasteiger partial charge in [-0.05, 0) is 71.5 Å². The summed E-state index contributed by atoms with van der Waals surface area (Å²) in [5, 5.41) is 0. The fourth-order valence-corrected chi connectivity index (χ4v) is 5.05. The minimum atomic E-state index is -3.89. The van der Waals surface area contributed by atoms with Gasteiger partial charge in [0.15, 0.2) is 34.8 Å². The van der Waals surface area contributed by atoms with E-state index in [0.29, 0.717) is 24.3 Å². The monoisotopic (exact) mass is 674 g/mol. The second-order valence-corrected chi connectivity index (χ2v) is 11.0. The normalized spacial score (nSPS) is 11.5. The Morgan fingerprint density at radius 3 is 1.73 bits per heavy atom. The molecule has 0 N–H and O–H groups in total. The number of rotatable bonds is 12. The third-order valence-corrected chi connectivity index (χ3v) is 7.57. The standard InChI is InChI=1S/C37H27F9O2/c1-2-3-4-5-21-6-10-25(11-7-21)37(45,46)48-26-18-33(42)36(34(43)19-26)47-20-22-8-12-27(29(38)14-22)23-9-13-28(30(39)15-23)24-16-31(40)35(44)32(41)17-24/h6-19H,2-5,20H2,1H3. The van der Waals surface area contributed by atoms with Crippen LogP contribution in [0.1, 0.15) is 42.9 Å². The van der Waals surface area contributed by atoms with Crippen LogP contribution in [0.25, 0.3) is 22.3 Å². The van der Waals surface area contributed by atoms with Gasteiger partial charge in [-0.2, -0.15) is 8.78 Å². The summed E-state index contributed by atoms with van der Waals surface area (Å²) < 4.78 is 139. The first-order valence-corrected chi connectivity index (χ1v) is 14.9. The third kappa shape index (κ3) is 7.78. The summed E-state index contributed by atoms with van der Waals surface area (Å²) in [6.07, 6.45) is -0.203. The lowest BCUT2D eigenvalue weighted by molar-refractivity contribution is -0.185. The van der Waals surface area contributed by atoms with E-state index >= 15 is 4.39 Å². The molecule has 0 spiro atoms. The third-order valence-electron chi connectivity index (χ3n) is 7.57. The van der Waals surface area contributed by atoms with E-state index in [1.807, 2.05) is 0 Å². The molecule has 48 heavy (non-hydrogen) atoms. The molecule has 0 radical (unpaired) electrons. The number of unbranched alkanes of at least 4 members (excludes halogenated alkanes) is 2. The minimum Gasteiger partial charge on any atom is -0.483 e. The highest BCUT2D eigenvalue weighted by molar-refractivity contribution is 5.71. The quantitative estimate of drug-likeness (QED) is 0.0745. The topological polar surface area (TPSA) is 18.5 Å². The van der Waals surface area contributed by atoms with Crippen molar-refractivity contribution in [3.05, 3.63) is 142 Å². The molecule has 5 aromatic rings. The number of ether oxygens (including phenoxy) is 2. The Morgan fingerprint density at radius 1 is 0.562 bits per heavy atom. The zero-order chi connectivity index (χ0) is 34.6. The van der Waals surface area contributed by atoms with Crippen LogP contribution in [0, 0.1) is 40.7 Å². The largest absolute Gasteiger partial charge is 0.483 e. The van der Waals surface area contributed by atoms with E-state index in [4.69, 9.17) is 4.74 Å². The van der Waals surface area contributed by atoms with Crippen LogP contribution >= 0.6 is 0 Å². The van der Waals surface area contributed by atoms with Crippen LogP contribution < -0.4 is 9.47 Å². The van der Waals surface area contributed by atoms with E-state index in [-0.39, 0.29) is 27.8 Å². The molecule has 0 aliphatic carbocycles. The van der Waals surface area contributed by atoms with Crippen LogP contribution in [-0.2, 0) is 19.1 Å². The van der Waals surface area contributed by atoms with Gasteiger partial charge in [-0.25, -0.2) is 30.7 Å². The maximum atomic E-state index is 15.0. The number of benzene rings is 5. The number of aryl methyl sites for hydroxylation is 1. The van der Waals surface area contributed by atoms with Crippen molar-refractivity contribution in [2.75, 3.05) is 0 Å². The van der Waals surface area contributed by atoms with E-state index in [0.717, 1.165) is 49.4 Å². The molecule has 11 heteroatoms. The number of halogens is 9. The molecular formula is C37H27F9O2. The van der Waals surface area contributed by atoms with Crippen molar-refractivity contribution in [3.63, 3.8) is 0 Å². The molecule has 0 saturated carbocycles. The van der Waals surface area contributed by atoms with Crippen molar-refractivity contribution in [2.24, 2.45) is 0 Å². The predicted octanol–water partition coefficient (Wildman–Crippen LogP) is 11.4. The van der Waals surface area contributed by atoms with Gasteiger partial charge in [-0.3, -0.25) is 0 Å². The molecule has 0 aromatic heterocycles. The molecule has 0 saturated heterocycles. The van der Waals surface area contributed by atoms with Gasteiger partial charge in [0, 0.05) is 23.3 Å². The molecule has 0 heterocycles. The number of hydrogen-bond acceptors (Lipinski definition) is 2. The van der Waals surface area contributed by atoms with Crippen molar-refractivity contribution in [3.8, 4) is 33.8 Å². The SMILES string of the molecule is CCCCCc1ccc(C(F)(F)Oc2cc(F)c(OCc3ccc(-c4ccc(-c5cc(F)c(F)c(F)c5)c(F)c4)c(F)c3)c(F)c2)cc1. The summed E-state index contributed by atoms with van der Waals surface area (Å²) in [6, 6.07) is 14.8. The Bertz CT molecular complexity index is 1880. The van der Waals surface area contributed by atoms with E-state index in [9.17, 15) is 35.1 Å². The summed E-state index contributed by atoms with van der Waals surface area (Å²) in [5.74, 6) is -10.9. The summed E-state index contributed by atoms with van der Waals surface area (Å²) in [7, 11) is 0. The van der Waals surface area contributed by atoms with Crippen LogP contribution in [0.4, 0.5) is 39.5 Å². The first kappa shape index (κ1) is 34.4. The average molecular weight is 675 g/mol. The molecule has 0 amide bonds. The van der Waals surface area contributed by atoms with Gasteiger partial charge in [0.25, 0.3) is 0 Å². The number of hydrogen-bond donors (Lipinski definition) is 0. The van der Waals surface area contributed by atoms with E-state index in [2.05, 4.69) is 11.7 Å². The van der Waals surface area contributed by atoms with Gasteiger partial charge < -0.3 is 9.47 Å². The molecule has 0 aliphatic heterocycles. The molecule has 2 nitrogen and oxygen atoms in total. The van der Waals surface area contributed by atoms with Crippen molar-refractivity contribution in [1.29, 1.82) is 0 Å². The Hall–Kier alpha value is -4.93. The number of alkyl halides is 2. The Balaban J connectivity index is 1.25. The average Bonchev–Trinajstić information content (AvgIpc) is 3.03. The van der Waals surface area contributed by atoms with Gasteiger partial charge in [-0.15, -0.1) is 0 Å². The molecule has 0 unspecified atom stereocenters. The fourth-order valence-electron chi connectivity index (χ4n) is 5.05. The molecule has 0 aliphatic rings. The first-order chi connectivity index (χ1) is 22.9. The molecule has 0 atom stereocenters. The van der Waals surface area contributed by atoms with E-state index < -0.39 is 70.5 Å². The minimum absolute atomic E-state index is 0.0525. The van der Waals surface area contributed by atoms with Crippen LogP contribution in [-0.4, -0.2) is 0 Å². The Labute approximate surface area is 270 Å². The molecule has 250 valence electrons. The van der Waals surface area contributed by atoms with Crippen LogP contribution in [0.2, 0.25) is 0 Å². The van der Waals surface area contributed by atoms with Crippen molar-refractivity contribution in [2.45, 2.75) is 45.3 Å². The Kier molecular flexibility index (Phi) is 10.4. The summed E-state index contributed by atoms with van der Waals surface area (Å²) in [6.45, 7) is 1.53. The van der Waals surface area contributed by atoms with Gasteiger partial charge >= 0.3 is 6.11 Å². The van der Waals surface area contributed by atoms with Crippen molar-refractivity contribution in [1.82, 2.24) is 0 Å². The molecule has 5 rings (SSSR count). The van der Waals surface area contributed by atoms with Gasteiger partial charge in [0.1, 0.15) is 24.0 Å². The zero-order valence-corrected chi connectivity index (χ0v) is 25.3. The van der Waals surface area contributed by atoms with Crippen LogP contribution in [0.15, 0.2) is 84.9 Å². The lowest BCUT2D eigenvalue weighted by Crippen LogP contribution is -2.22. The summed E-state index contributed by atoms with van der Waals surface area (Å²) in [5.41, 5.74) is -0.0415. The van der Waals surface area contributed by atoms with E-state index in [1.54, 1.807) is 12.1 Å². The lowest BCUT2D eigenvalue weighted by atomic mass is 9.98. The van der Waals surface area contributed by atoms with Gasteiger partial charge in [0.2, 0.25) is 0 Å². The molecular weight excluding hydrogens is 647 g/mol. The molecule has 0 bridgehead atoms. The molecule has 0 fully saturated rings. The van der Waals surface area contributed by atoms with Crippen molar-refractivity contribution >= 4 is 0 Å². The highest BCUT2D eigenvalue weighted by Crippen LogP contribution is 2.36. The summed E-state index contributed by atoms with van der Waals surface area (Å²) >= 11 is 0. The predicted molar refractivity (Wildman–Crippen MR) is 162 cm³/mol. The second-order valence-electron chi connectivity index (χ2n) is 11.0. The highest BCUT2D eigenvalue weighted by atomic mass is 19.3. The zero-order valence-electron chi connectivity index (χ0n) is 25.3. The maximum Gasteiger partial charge on any atom is 0.426 e. The maximum absolute atomic E-state index is 15.0. The first-order valence-electron chi connectivity index (χ1n) is 14.9. The Morgan fingerprint density at radius 2 is 1.12 bits per heavy atom. The second kappa shape index (κ2) is 14.5. The fraction of sp³-hybridized carbons (Fsp3) is 0.189. The van der Waals surface area contributed by atoms with Crippen LogP contribution in [0.3, 0.4) is 0 Å².